The van der Waals surface area contributed by atoms with Gasteiger partial charge in [0, 0.05) is 11.7 Å². The van der Waals surface area contributed by atoms with Gasteiger partial charge in [-0.2, -0.15) is 0 Å². The maximum absolute atomic E-state index is 4.36. The maximum Gasteiger partial charge on any atom is 0.126 e. The minimum atomic E-state index is 0.443. The average molecular weight is 164 g/mol. The van der Waals surface area contributed by atoms with Crippen LogP contribution in [0.3, 0.4) is 0 Å². The van der Waals surface area contributed by atoms with Gasteiger partial charge in [-0.25, -0.2) is 4.98 Å². The van der Waals surface area contributed by atoms with Gasteiger partial charge in [-0.1, -0.05) is 0 Å². The lowest BCUT2D eigenvalue weighted by atomic mass is 10.2. The van der Waals surface area contributed by atoms with Gasteiger partial charge < -0.3 is 5.32 Å². The number of nitrogens with zero attached hydrogens (tertiary/aromatic N) is 1. The van der Waals surface area contributed by atoms with Crippen LogP contribution in [0.5, 0.6) is 0 Å². The van der Waals surface area contributed by atoms with E-state index in [1.807, 2.05) is 6.92 Å². The van der Waals surface area contributed by atoms with E-state index in [2.05, 4.69) is 43.2 Å². The molecule has 1 aromatic rings. The van der Waals surface area contributed by atoms with Crippen LogP contribution in [0, 0.1) is 13.8 Å². The summed E-state index contributed by atoms with van der Waals surface area (Å²) >= 11 is 0. The molecule has 0 amide bonds. The highest BCUT2D eigenvalue weighted by Gasteiger charge is 1.97. The van der Waals surface area contributed by atoms with Crippen molar-refractivity contribution in [1.29, 1.82) is 0 Å². The summed E-state index contributed by atoms with van der Waals surface area (Å²) in [4.78, 5) is 4.36. The number of pyridine rings is 1. The highest BCUT2D eigenvalue weighted by atomic mass is 15.0. The maximum atomic E-state index is 4.36. The van der Waals surface area contributed by atoms with Crippen molar-refractivity contribution < 1.29 is 0 Å². The van der Waals surface area contributed by atoms with Gasteiger partial charge in [0.2, 0.25) is 0 Å². The van der Waals surface area contributed by atoms with Gasteiger partial charge in [0.15, 0.2) is 0 Å². The summed E-state index contributed by atoms with van der Waals surface area (Å²) in [5.74, 6) is 0.975. The van der Waals surface area contributed by atoms with E-state index in [4.69, 9.17) is 0 Å². The molecule has 1 N–H and O–H groups in total. The third-order valence-electron chi connectivity index (χ3n) is 1.53. The van der Waals surface area contributed by atoms with Crippen LogP contribution in [0.2, 0.25) is 0 Å². The van der Waals surface area contributed by atoms with Crippen molar-refractivity contribution in [1.82, 2.24) is 4.98 Å². The van der Waals surface area contributed by atoms with Crippen molar-refractivity contribution in [3.8, 4) is 0 Å². The monoisotopic (exact) mass is 164 g/mol. The minimum Gasteiger partial charge on any atom is -0.368 e. The smallest absolute Gasteiger partial charge is 0.126 e. The summed E-state index contributed by atoms with van der Waals surface area (Å²) in [6.07, 6.45) is 0. The molecule has 0 fully saturated rings. The molecule has 66 valence electrons. The molecule has 1 heterocycles. The van der Waals surface area contributed by atoms with Crippen LogP contribution in [-0.4, -0.2) is 11.0 Å². The Labute approximate surface area is 74.0 Å². The number of rotatable bonds is 2. The van der Waals surface area contributed by atoms with Crippen LogP contribution >= 0.6 is 0 Å². The van der Waals surface area contributed by atoms with Crippen LogP contribution in [0.1, 0.15) is 25.1 Å². The molecule has 0 bridgehead atoms. The first-order valence-electron chi connectivity index (χ1n) is 4.30. The van der Waals surface area contributed by atoms with E-state index in [9.17, 15) is 0 Å². The fourth-order valence-corrected chi connectivity index (χ4v) is 1.21. The predicted octanol–water partition coefficient (Wildman–Crippen LogP) is 2.52. The quantitative estimate of drug-likeness (QED) is 0.726. The van der Waals surface area contributed by atoms with E-state index in [1.165, 1.54) is 5.56 Å². The third-order valence-corrected chi connectivity index (χ3v) is 1.53. The number of aryl methyl sites for hydroxylation is 2. The summed E-state index contributed by atoms with van der Waals surface area (Å²) in [5, 5.41) is 3.28. The summed E-state index contributed by atoms with van der Waals surface area (Å²) in [7, 11) is 0. The van der Waals surface area contributed by atoms with E-state index < -0.39 is 0 Å². The van der Waals surface area contributed by atoms with E-state index >= 15 is 0 Å². The number of aromatic nitrogens is 1. The first-order valence-corrected chi connectivity index (χ1v) is 4.30. The van der Waals surface area contributed by atoms with Crippen molar-refractivity contribution in [2.45, 2.75) is 33.7 Å². The lowest BCUT2D eigenvalue weighted by Crippen LogP contribution is -2.11. The van der Waals surface area contributed by atoms with Crippen molar-refractivity contribution in [3.63, 3.8) is 0 Å². The summed E-state index contributed by atoms with van der Waals surface area (Å²) in [6.45, 7) is 8.32. The molecule has 1 aromatic heterocycles. The van der Waals surface area contributed by atoms with E-state index in [1.54, 1.807) is 0 Å². The summed E-state index contributed by atoms with van der Waals surface area (Å²) < 4.78 is 0. The van der Waals surface area contributed by atoms with Crippen molar-refractivity contribution >= 4 is 5.82 Å². The van der Waals surface area contributed by atoms with Crippen molar-refractivity contribution in [3.05, 3.63) is 23.4 Å². The molecule has 2 nitrogen and oxygen atoms in total. The highest BCUT2D eigenvalue weighted by molar-refractivity contribution is 5.39. The van der Waals surface area contributed by atoms with E-state index in [0.717, 1.165) is 11.5 Å². The Morgan fingerprint density at radius 1 is 1.25 bits per heavy atom. The molecule has 0 saturated heterocycles. The van der Waals surface area contributed by atoms with Crippen molar-refractivity contribution in [2.75, 3.05) is 5.32 Å². The summed E-state index contributed by atoms with van der Waals surface area (Å²) in [6, 6.07) is 4.58. The molecule has 0 aromatic carbocycles. The molecule has 0 aliphatic heterocycles. The van der Waals surface area contributed by atoms with Gasteiger partial charge in [0.1, 0.15) is 5.82 Å². The van der Waals surface area contributed by atoms with Crippen LogP contribution in [0.4, 0.5) is 5.82 Å². The number of hydrogen-bond donors (Lipinski definition) is 1. The number of nitrogens with one attached hydrogen (secondary N) is 1. The average Bonchev–Trinajstić information content (AvgIpc) is 1.81. The van der Waals surface area contributed by atoms with Crippen LogP contribution in [-0.2, 0) is 0 Å². The molecule has 2 heteroatoms. The van der Waals surface area contributed by atoms with Crippen LogP contribution in [0.15, 0.2) is 12.1 Å². The Balaban J connectivity index is 2.85. The Hall–Kier alpha value is -1.05. The molecule has 0 atom stereocenters. The zero-order chi connectivity index (χ0) is 9.14. The zero-order valence-corrected chi connectivity index (χ0v) is 8.18. The van der Waals surface area contributed by atoms with E-state index in [0.29, 0.717) is 6.04 Å². The third kappa shape index (κ3) is 2.53. The number of hydrogen-bond acceptors (Lipinski definition) is 2. The molecule has 0 aliphatic rings. The molecular weight excluding hydrogens is 148 g/mol. The first-order chi connectivity index (χ1) is 5.58. The molecule has 0 aliphatic carbocycles. The fourth-order valence-electron chi connectivity index (χ4n) is 1.21. The second-order valence-electron chi connectivity index (χ2n) is 3.47. The molecule has 0 spiro atoms. The first kappa shape index (κ1) is 9.04. The number of anilines is 1. The second kappa shape index (κ2) is 3.57. The predicted molar refractivity (Wildman–Crippen MR) is 52.5 cm³/mol. The van der Waals surface area contributed by atoms with Gasteiger partial charge in [0.25, 0.3) is 0 Å². The highest BCUT2D eigenvalue weighted by Crippen LogP contribution is 2.09. The normalized spacial score (nSPS) is 10.4. The Bertz CT molecular complexity index is 246. The Kier molecular flexibility index (Phi) is 2.69. The van der Waals surface area contributed by atoms with Crippen LogP contribution in [0.25, 0.3) is 0 Å². The second-order valence-corrected chi connectivity index (χ2v) is 3.47. The topological polar surface area (TPSA) is 24.9 Å². The minimum absolute atomic E-state index is 0.443. The zero-order valence-electron chi connectivity index (χ0n) is 8.18. The van der Waals surface area contributed by atoms with Gasteiger partial charge in [-0.15, -0.1) is 0 Å². The van der Waals surface area contributed by atoms with Gasteiger partial charge in [-0.05, 0) is 45.4 Å². The SMILES string of the molecule is Cc1cc(C)nc(NC(C)C)c1. The molecule has 1 rings (SSSR count). The standard InChI is InChI=1S/C10H16N2/c1-7(2)11-10-6-8(3)5-9(4)12-10/h5-7H,1-4H3,(H,11,12). The largest absolute Gasteiger partial charge is 0.368 e. The van der Waals surface area contributed by atoms with Gasteiger partial charge in [-0.3, -0.25) is 0 Å². The van der Waals surface area contributed by atoms with Gasteiger partial charge in [0.05, 0.1) is 0 Å². The fraction of sp³-hybridized carbons (Fsp3) is 0.500. The van der Waals surface area contributed by atoms with Crippen LogP contribution < -0.4 is 5.32 Å². The molecular formula is C10H16N2. The molecule has 0 radical (unpaired) electrons. The Morgan fingerprint density at radius 2 is 1.92 bits per heavy atom. The van der Waals surface area contributed by atoms with Gasteiger partial charge >= 0.3 is 0 Å². The molecule has 0 unspecified atom stereocenters. The lowest BCUT2D eigenvalue weighted by Gasteiger charge is -2.09. The summed E-state index contributed by atoms with van der Waals surface area (Å²) in [5.41, 5.74) is 2.32. The van der Waals surface area contributed by atoms with Crippen molar-refractivity contribution in [2.24, 2.45) is 0 Å². The van der Waals surface area contributed by atoms with E-state index in [-0.39, 0.29) is 0 Å². The molecule has 0 saturated carbocycles. The lowest BCUT2D eigenvalue weighted by molar-refractivity contribution is 0.886. The molecule has 12 heavy (non-hydrogen) atoms. The Morgan fingerprint density at radius 3 is 2.42 bits per heavy atom.